The van der Waals surface area contributed by atoms with Crippen LogP contribution < -0.4 is 15.8 Å². The van der Waals surface area contributed by atoms with Gasteiger partial charge in [0.05, 0.1) is 6.54 Å². The Bertz CT molecular complexity index is 652. The van der Waals surface area contributed by atoms with Gasteiger partial charge in [-0.1, -0.05) is 48.5 Å². The number of para-hydroxylation sites is 1. The zero-order chi connectivity index (χ0) is 16.9. The van der Waals surface area contributed by atoms with Crippen LogP contribution in [0.25, 0.3) is 0 Å². The number of nitrogens with one attached hydrogen (secondary N) is 1. The molecule has 2 aromatic carbocycles. The molecular formula is C19H25ClN2O2. The van der Waals surface area contributed by atoms with Crippen LogP contribution in [0, 0.1) is 13.8 Å². The van der Waals surface area contributed by atoms with E-state index in [0.29, 0.717) is 13.2 Å². The second-order valence-electron chi connectivity index (χ2n) is 5.89. The molecule has 0 aliphatic carbocycles. The van der Waals surface area contributed by atoms with Gasteiger partial charge in [-0.25, -0.2) is 0 Å². The third-order valence-electron chi connectivity index (χ3n) is 3.89. The second-order valence-corrected chi connectivity index (χ2v) is 5.89. The molecule has 4 nitrogen and oxygen atoms in total. The van der Waals surface area contributed by atoms with Crippen molar-refractivity contribution < 1.29 is 9.53 Å². The van der Waals surface area contributed by atoms with Crippen molar-refractivity contribution in [1.29, 1.82) is 0 Å². The minimum absolute atomic E-state index is 0. The van der Waals surface area contributed by atoms with Crippen LogP contribution in [0.3, 0.4) is 0 Å². The number of carbonyl (C=O) groups excluding carboxylic acids is 1. The van der Waals surface area contributed by atoms with Gasteiger partial charge in [0.1, 0.15) is 17.9 Å². The summed E-state index contributed by atoms with van der Waals surface area (Å²) in [5.74, 6) is 0.661. The van der Waals surface area contributed by atoms with E-state index in [2.05, 4.69) is 5.32 Å². The summed E-state index contributed by atoms with van der Waals surface area (Å²) in [6, 6.07) is 15.4. The van der Waals surface area contributed by atoms with Gasteiger partial charge < -0.3 is 15.8 Å². The Morgan fingerprint density at radius 2 is 1.67 bits per heavy atom. The molecule has 0 saturated heterocycles. The molecule has 2 rings (SSSR count). The van der Waals surface area contributed by atoms with E-state index in [1.807, 2.05) is 62.4 Å². The molecule has 5 heteroatoms. The van der Waals surface area contributed by atoms with E-state index in [4.69, 9.17) is 10.5 Å². The second kappa shape index (κ2) is 8.71. The van der Waals surface area contributed by atoms with Crippen LogP contribution >= 0.6 is 12.4 Å². The highest BCUT2D eigenvalue weighted by Gasteiger charge is 2.29. The molecule has 0 aliphatic rings. The van der Waals surface area contributed by atoms with Gasteiger partial charge in [0.15, 0.2) is 0 Å². The van der Waals surface area contributed by atoms with Crippen LogP contribution in [-0.4, -0.2) is 19.1 Å². The normalized spacial score (nSPS) is 12.7. The SMILES string of the molecule is Cc1cccc(C)c1OCCNC(=O)C(C)(N)c1ccccc1.Cl. The number of hydrogen-bond acceptors (Lipinski definition) is 3. The van der Waals surface area contributed by atoms with Gasteiger partial charge in [0, 0.05) is 0 Å². The zero-order valence-corrected chi connectivity index (χ0v) is 15.2. The summed E-state index contributed by atoms with van der Waals surface area (Å²) in [5, 5.41) is 2.84. The maximum absolute atomic E-state index is 12.3. The smallest absolute Gasteiger partial charge is 0.244 e. The Hall–Kier alpha value is -2.04. The van der Waals surface area contributed by atoms with Crippen molar-refractivity contribution in [3.05, 3.63) is 65.2 Å². The summed E-state index contributed by atoms with van der Waals surface area (Å²) in [5.41, 5.74) is 8.07. The fourth-order valence-corrected chi connectivity index (χ4v) is 2.44. The predicted molar refractivity (Wildman–Crippen MR) is 99.7 cm³/mol. The van der Waals surface area contributed by atoms with Gasteiger partial charge in [0.25, 0.3) is 0 Å². The lowest BCUT2D eigenvalue weighted by Crippen LogP contribution is -2.49. The molecule has 3 N–H and O–H groups in total. The van der Waals surface area contributed by atoms with Crippen LogP contribution in [0.1, 0.15) is 23.6 Å². The number of carbonyl (C=O) groups is 1. The Morgan fingerprint density at radius 3 is 2.25 bits per heavy atom. The summed E-state index contributed by atoms with van der Waals surface area (Å²) in [6.07, 6.45) is 0. The van der Waals surface area contributed by atoms with Gasteiger partial charge in [-0.05, 0) is 37.5 Å². The van der Waals surface area contributed by atoms with Crippen LogP contribution in [0.4, 0.5) is 0 Å². The van der Waals surface area contributed by atoms with Crippen LogP contribution in [-0.2, 0) is 10.3 Å². The first-order chi connectivity index (χ1) is 10.9. The van der Waals surface area contributed by atoms with Crippen LogP contribution in [0.5, 0.6) is 5.75 Å². The van der Waals surface area contributed by atoms with E-state index in [0.717, 1.165) is 22.4 Å². The highest BCUT2D eigenvalue weighted by atomic mass is 35.5. The Balaban J connectivity index is 0.00000288. The summed E-state index contributed by atoms with van der Waals surface area (Å²) < 4.78 is 5.78. The molecule has 1 atom stereocenters. The fourth-order valence-electron chi connectivity index (χ4n) is 2.44. The third kappa shape index (κ3) is 4.73. The summed E-state index contributed by atoms with van der Waals surface area (Å²) in [6.45, 7) is 6.54. The number of hydrogen-bond donors (Lipinski definition) is 2. The quantitative estimate of drug-likeness (QED) is 0.788. The van der Waals surface area contributed by atoms with Gasteiger partial charge in [-0.15, -0.1) is 12.4 Å². The number of ether oxygens (including phenoxy) is 1. The summed E-state index contributed by atoms with van der Waals surface area (Å²) >= 11 is 0. The van der Waals surface area contributed by atoms with Crippen molar-refractivity contribution in [2.24, 2.45) is 5.73 Å². The average molecular weight is 349 g/mol. The van der Waals surface area contributed by atoms with Gasteiger partial charge in [-0.2, -0.15) is 0 Å². The highest BCUT2D eigenvalue weighted by molar-refractivity contribution is 5.87. The molecule has 0 aliphatic heterocycles. The van der Waals surface area contributed by atoms with Gasteiger partial charge in [-0.3, -0.25) is 4.79 Å². The van der Waals surface area contributed by atoms with Crippen molar-refractivity contribution in [2.45, 2.75) is 26.3 Å². The average Bonchev–Trinajstić information content (AvgIpc) is 2.54. The molecule has 0 aromatic heterocycles. The largest absolute Gasteiger partial charge is 0.491 e. The first-order valence-electron chi connectivity index (χ1n) is 7.74. The molecule has 0 fully saturated rings. The maximum Gasteiger partial charge on any atom is 0.244 e. The first-order valence-corrected chi connectivity index (χ1v) is 7.74. The van der Waals surface area contributed by atoms with Crippen molar-refractivity contribution in [1.82, 2.24) is 5.32 Å². The minimum atomic E-state index is -1.06. The van der Waals surface area contributed by atoms with Gasteiger partial charge in [0.2, 0.25) is 5.91 Å². The standard InChI is InChI=1S/C19H24N2O2.ClH/c1-14-8-7-9-15(2)17(14)23-13-12-21-18(22)19(3,20)16-10-5-4-6-11-16;/h4-11H,12-13,20H2,1-3H3,(H,21,22);1H. The predicted octanol–water partition coefficient (Wildman–Crippen LogP) is 3.09. The lowest BCUT2D eigenvalue weighted by Gasteiger charge is -2.24. The van der Waals surface area contributed by atoms with Crippen molar-refractivity contribution in [3.8, 4) is 5.75 Å². The number of nitrogens with two attached hydrogens (primary N) is 1. The van der Waals surface area contributed by atoms with Crippen molar-refractivity contribution in [2.75, 3.05) is 13.2 Å². The molecule has 130 valence electrons. The van der Waals surface area contributed by atoms with Crippen molar-refractivity contribution in [3.63, 3.8) is 0 Å². The molecule has 1 amide bonds. The van der Waals surface area contributed by atoms with E-state index in [9.17, 15) is 4.79 Å². The lowest BCUT2D eigenvalue weighted by atomic mass is 9.92. The Morgan fingerprint density at radius 1 is 1.08 bits per heavy atom. The lowest BCUT2D eigenvalue weighted by molar-refractivity contribution is -0.126. The zero-order valence-electron chi connectivity index (χ0n) is 14.3. The Labute approximate surface area is 149 Å². The van der Waals surface area contributed by atoms with Crippen LogP contribution in [0.15, 0.2) is 48.5 Å². The van der Waals surface area contributed by atoms with E-state index in [1.165, 1.54) is 0 Å². The molecule has 24 heavy (non-hydrogen) atoms. The van der Waals surface area contributed by atoms with Crippen molar-refractivity contribution >= 4 is 18.3 Å². The molecule has 2 aromatic rings. The first kappa shape index (κ1) is 20.0. The minimum Gasteiger partial charge on any atom is -0.491 e. The number of aryl methyl sites for hydroxylation is 2. The molecular weight excluding hydrogens is 324 g/mol. The van der Waals surface area contributed by atoms with Crippen LogP contribution in [0.2, 0.25) is 0 Å². The molecule has 0 bridgehead atoms. The van der Waals surface area contributed by atoms with Gasteiger partial charge >= 0.3 is 0 Å². The topological polar surface area (TPSA) is 64.3 Å². The third-order valence-corrected chi connectivity index (χ3v) is 3.89. The molecule has 0 heterocycles. The number of halogens is 1. The van der Waals surface area contributed by atoms with E-state index >= 15 is 0 Å². The molecule has 0 saturated carbocycles. The maximum atomic E-state index is 12.3. The highest BCUT2D eigenvalue weighted by Crippen LogP contribution is 2.22. The monoisotopic (exact) mass is 348 g/mol. The molecule has 0 spiro atoms. The number of amides is 1. The Kier molecular flexibility index (Phi) is 7.26. The summed E-state index contributed by atoms with van der Waals surface area (Å²) in [7, 11) is 0. The van der Waals surface area contributed by atoms with E-state index in [1.54, 1.807) is 6.92 Å². The summed E-state index contributed by atoms with van der Waals surface area (Å²) in [4.78, 5) is 12.3. The number of benzene rings is 2. The number of rotatable bonds is 6. The molecule has 1 unspecified atom stereocenters. The van der Waals surface area contributed by atoms with E-state index in [-0.39, 0.29) is 18.3 Å². The van der Waals surface area contributed by atoms with E-state index < -0.39 is 5.54 Å². The molecule has 0 radical (unpaired) electrons. The fraction of sp³-hybridized carbons (Fsp3) is 0.316.